The van der Waals surface area contributed by atoms with E-state index < -0.39 is 5.97 Å². The van der Waals surface area contributed by atoms with E-state index >= 15 is 0 Å². The van der Waals surface area contributed by atoms with Gasteiger partial charge in [-0.3, -0.25) is 14.7 Å². The van der Waals surface area contributed by atoms with Gasteiger partial charge in [0.2, 0.25) is 0 Å². The number of hydrogen-bond acceptors (Lipinski definition) is 5. The lowest BCUT2D eigenvalue weighted by atomic mass is 10.1. The Morgan fingerprint density at radius 2 is 2.39 bits per heavy atom. The Kier molecular flexibility index (Phi) is 5.74. The van der Waals surface area contributed by atoms with Crippen LogP contribution < -0.4 is 5.09 Å². The van der Waals surface area contributed by atoms with Crippen LogP contribution in [-0.4, -0.2) is 39.7 Å². The molecule has 0 amide bonds. The zero-order chi connectivity index (χ0) is 13.5. The summed E-state index contributed by atoms with van der Waals surface area (Å²) in [5.74, 6) is -1.23. The molecule has 1 rings (SSSR count). The maximum atomic E-state index is 11.1. The summed E-state index contributed by atoms with van der Waals surface area (Å²) in [5, 5.41) is 11.5. The predicted octanol–water partition coefficient (Wildman–Crippen LogP) is -0.178. The number of carbonyl (C=O) groups excluding carboxylic acids is 1. The Balaban J connectivity index is 2.56. The Morgan fingerprint density at radius 1 is 1.67 bits per heavy atom. The van der Waals surface area contributed by atoms with Gasteiger partial charge in [-0.05, 0) is 0 Å². The molecule has 1 aromatic rings. The van der Waals surface area contributed by atoms with Gasteiger partial charge >= 0.3 is 11.9 Å². The van der Waals surface area contributed by atoms with Gasteiger partial charge in [-0.1, -0.05) is 9.39 Å². The van der Waals surface area contributed by atoms with Crippen LogP contribution in [0.4, 0.5) is 0 Å². The van der Waals surface area contributed by atoms with E-state index in [0.29, 0.717) is 6.42 Å². The highest BCUT2D eigenvalue weighted by molar-refractivity contribution is 7.13. The minimum Gasteiger partial charge on any atom is -0.480 e. The number of carboxylic acid groups (broad SMARTS) is 1. The first-order valence-corrected chi connectivity index (χ1v) is 5.88. The second-order valence-electron chi connectivity index (χ2n) is 3.78. The van der Waals surface area contributed by atoms with Gasteiger partial charge in [0.15, 0.2) is 0 Å². The minimum absolute atomic E-state index is 0.115. The smallest absolute Gasteiger partial charge is 0.323 e. The summed E-state index contributed by atoms with van der Waals surface area (Å²) in [7, 11) is 3.68. The van der Waals surface area contributed by atoms with Crippen molar-refractivity contribution in [3.8, 4) is 0 Å². The van der Waals surface area contributed by atoms with Crippen LogP contribution in [0, 0.1) is 0 Å². The van der Waals surface area contributed by atoms with Crippen molar-refractivity contribution in [1.29, 1.82) is 0 Å². The van der Waals surface area contributed by atoms with Gasteiger partial charge in [0, 0.05) is 18.7 Å². The molecule has 0 aromatic carbocycles. The Morgan fingerprint density at radius 3 is 2.94 bits per heavy atom. The zero-order valence-electron chi connectivity index (χ0n) is 10.00. The zero-order valence-corrected chi connectivity index (χ0v) is 11.2. The van der Waals surface area contributed by atoms with Gasteiger partial charge in [0.05, 0.1) is 25.6 Å². The number of aromatic nitrogens is 2. The minimum atomic E-state index is -0.922. The molecule has 1 heterocycles. The van der Waals surface area contributed by atoms with Crippen LogP contribution in [0.15, 0.2) is 12.5 Å². The van der Waals surface area contributed by atoms with Crippen molar-refractivity contribution in [1.82, 2.24) is 14.6 Å². The van der Waals surface area contributed by atoms with Crippen molar-refractivity contribution < 1.29 is 19.4 Å². The summed E-state index contributed by atoms with van der Waals surface area (Å²) >= 11 is 0. The van der Waals surface area contributed by atoms with Gasteiger partial charge in [0.1, 0.15) is 6.54 Å². The fraction of sp³-hybridized carbons (Fsp3) is 0.500. The van der Waals surface area contributed by atoms with E-state index in [4.69, 9.17) is 5.11 Å². The molecule has 1 unspecified atom stereocenters. The third-order valence-corrected chi connectivity index (χ3v) is 2.81. The molecule has 18 heavy (non-hydrogen) atoms. The molecule has 0 aliphatic heterocycles. The first-order chi connectivity index (χ1) is 8.55. The number of imidazole rings is 1. The van der Waals surface area contributed by atoms with Crippen molar-refractivity contribution in [3.05, 3.63) is 18.2 Å². The Labute approximate surface area is 107 Å². The second kappa shape index (κ2) is 7.08. The molecule has 0 spiro atoms. The highest BCUT2D eigenvalue weighted by atomic mass is 31.0. The normalized spacial score (nSPS) is 12.1. The first kappa shape index (κ1) is 14.6. The largest absolute Gasteiger partial charge is 0.480 e. The molecule has 0 radical (unpaired) electrons. The standard InChI is InChI=1S/C10H16N3O4P/c1-17-10(16)3-7(12-18)2-8-4-13(6-11-8)5-9(14)15/h4,6-7,12H,2-3,5,18H2,1H3,(H,14,15)/t7-/m0/s1. The molecule has 2 N–H and O–H groups in total. The summed E-state index contributed by atoms with van der Waals surface area (Å²) in [6.07, 6.45) is 3.86. The fourth-order valence-corrected chi connectivity index (χ4v) is 1.72. The second-order valence-corrected chi connectivity index (χ2v) is 4.11. The molecule has 0 saturated carbocycles. The Bertz CT molecular complexity index is 421. The average molecular weight is 273 g/mol. The number of carbonyl (C=O) groups is 2. The van der Waals surface area contributed by atoms with E-state index in [0.717, 1.165) is 5.69 Å². The van der Waals surface area contributed by atoms with E-state index in [-0.39, 0.29) is 25.0 Å². The van der Waals surface area contributed by atoms with Crippen LogP contribution >= 0.6 is 9.39 Å². The van der Waals surface area contributed by atoms with E-state index in [2.05, 4.69) is 24.2 Å². The average Bonchev–Trinajstić information content (AvgIpc) is 2.74. The van der Waals surface area contributed by atoms with Crippen molar-refractivity contribution in [2.75, 3.05) is 7.11 Å². The molecule has 1 aromatic heterocycles. The number of hydrogen-bond donors (Lipinski definition) is 2. The number of nitrogens with one attached hydrogen (secondary N) is 1. The highest BCUT2D eigenvalue weighted by Gasteiger charge is 2.14. The molecule has 0 fully saturated rings. The Hall–Kier alpha value is -1.46. The topological polar surface area (TPSA) is 93.5 Å². The van der Waals surface area contributed by atoms with Gasteiger partial charge in [0.25, 0.3) is 0 Å². The predicted molar refractivity (Wildman–Crippen MR) is 66.8 cm³/mol. The molecule has 2 atom stereocenters. The van der Waals surface area contributed by atoms with Crippen molar-refractivity contribution in [2.24, 2.45) is 0 Å². The van der Waals surface area contributed by atoms with Crippen molar-refractivity contribution >= 4 is 21.3 Å². The first-order valence-electron chi connectivity index (χ1n) is 5.30. The van der Waals surface area contributed by atoms with Gasteiger partial charge < -0.3 is 14.4 Å². The van der Waals surface area contributed by atoms with Crippen molar-refractivity contribution in [2.45, 2.75) is 25.4 Å². The number of aliphatic carboxylic acids is 1. The van der Waals surface area contributed by atoms with Gasteiger partial charge in [-0.2, -0.15) is 0 Å². The van der Waals surface area contributed by atoms with Crippen LogP contribution in [0.25, 0.3) is 0 Å². The van der Waals surface area contributed by atoms with Crippen LogP contribution in [0.1, 0.15) is 12.1 Å². The van der Waals surface area contributed by atoms with Crippen molar-refractivity contribution in [3.63, 3.8) is 0 Å². The molecule has 0 aliphatic carbocycles. The molecule has 0 bridgehead atoms. The highest BCUT2D eigenvalue weighted by Crippen LogP contribution is 2.06. The SMILES string of the molecule is COC(=O)C[C@H](Cc1cn(CC(=O)O)cn1)NP. The maximum Gasteiger partial charge on any atom is 0.323 e. The fourth-order valence-electron chi connectivity index (χ4n) is 1.48. The number of methoxy groups -OCH3 is 1. The third-order valence-electron chi connectivity index (χ3n) is 2.34. The molecule has 100 valence electrons. The summed E-state index contributed by atoms with van der Waals surface area (Å²) in [6.45, 7) is -0.122. The van der Waals surface area contributed by atoms with Crippen LogP contribution in [0.5, 0.6) is 0 Å². The van der Waals surface area contributed by atoms with Crippen LogP contribution in [0.3, 0.4) is 0 Å². The molecular weight excluding hydrogens is 257 g/mol. The summed E-state index contributed by atoms with van der Waals surface area (Å²) < 4.78 is 6.07. The molecular formula is C10H16N3O4P. The van der Waals surface area contributed by atoms with Crippen LogP contribution in [0.2, 0.25) is 0 Å². The third kappa shape index (κ3) is 4.81. The number of nitrogens with zero attached hydrogens (tertiary/aromatic N) is 2. The van der Waals surface area contributed by atoms with Gasteiger partial charge in [-0.15, -0.1) is 0 Å². The van der Waals surface area contributed by atoms with Gasteiger partial charge in [-0.25, -0.2) is 4.98 Å². The van der Waals surface area contributed by atoms with E-state index in [1.807, 2.05) is 0 Å². The summed E-state index contributed by atoms with van der Waals surface area (Å²) in [5.41, 5.74) is 0.722. The molecule has 0 aliphatic rings. The lowest BCUT2D eigenvalue weighted by Gasteiger charge is -2.12. The molecule has 8 heteroatoms. The van der Waals surface area contributed by atoms with E-state index in [1.54, 1.807) is 6.20 Å². The lowest BCUT2D eigenvalue weighted by Crippen LogP contribution is -2.27. The monoisotopic (exact) mass is 273 g/mol. The lowest BCUT2D eigenvalue weighted by molar-refractivity contribution is -0.141. The summed E-state index contributed by atoms with van der Waals surface area (Å²) in [4.78, 5) is 25.8. The number of ether oxygens (including phenoxy) is 1. The number of carboxylic acids is 1. The van der Waals surface area contributed by atoms with E-state index in [9.17, 15) is 9.59 Å². The number of esters is 1. The quantitative estimate of drug-likeness (QED) is 0.529. The van der Waals surface area contributed by atoms with E-state index in [1.165, 1.54) is 18.0 Å². The summed E-state index contributed by atoms with van der Waals surface area (Å²) in [6, 6.07) is -0.115. The molecule has 7 nitrogen and oxygen atoms in total. The van der Waals surface area contributed by atoms with Crippen LogP contribution in [-0.2, 0) is 27.3 Å². The number of rotatable bonds is 7. The molecule has 0 saturated heterocycles. The maximum absolute atomic E-state index is 11.1.